The smallest absolute Gasteiger partial charge is 0.169 e. The predicted octanol–water partition coefficient (Wildman–Crippen LogP) is 4.89. The molecule has 8 nitrogen and oxygen atoms in total. The van der Waals surface area contributed by atoms with Crippen molar-refractivity contribution in [2.24, 2.45) is 0 Å². The molecule has 6 aromatic rings. The van der Waals surface area contributed by atoms with E-state index in [0.717, 1.165) is 49.3 Å². The van der Waals surface area contributed by atoms with Gasteiger partial charge in [-0.2, -0.15) is 5.10 Å². The molecule has 0 aliphatic heterocycles. The summed E-state index contributed by atoms with van der Waals surface area (Å²) < 4.78 is 0. The second-order valence-corrected chi connectivity index (χ2v) is 8.40. The number of rotatable bonds is 4. The number of nitrogens with zero attached hydrogens (tertiary/aromatic N) is 5. The van der Waals surface area contributed by atoms with Gasteiger partial charge in [0, 0.05) is 29.5 Å². The number of benzene rings is 1. The monoisotopic (exact) mass is 437 g/mol. The summed E-state index contributed by atoms with van der Waals surface area (Å²) in [4.78, 5) is 34.3. The highest BCUT2D eigenvalue weighted by atomic mass is 32.1. The minimum atomic E-state index is 0.0405. The average Bonchev–Trinajstić information content (AvgIpc) is 3.56. The topological polar surface area (TPSA) is 113 Å². The first-order chi connectivity index (χ1) is 15.7. The zero-order valence-corrected chi connectivity index (χ0v) is 17.6. The number of ketones is 1. The second kappa shape index (κ2) is 7.17. The second-order valence-electron chi connectivity index (χ2n) is 7.32. The first-order valence-electron chi connectivity index (χ1n) is 9.87. The van der Waals surface area contributed by atoms with Gasteiger partial charge in [0.05, 0.1) is 20.8 Å². The Morgan fingerprint density at radius 3 is 2.66 bits per heavy atom. The maximum Gasteiger partial charge on any atom is 0.169 e. The summed E-state index contributed by atoms with van der Waals surface area (Å²) in [5.74, 6) is 0.684. The van der Waals surface area contributed by atoms with Crippen LogP contribution in [-0.4, -0.2) is 40.9 Å². The third kappa shape index (κ3) is 2.98. The molecule has 2 N–H and O–H groups in total. The van der Waals surface area contributed by atoms with Crippen LogP contribution in [0.5, 0.6) is 0 Å². The number of hydrogen-bond donors (Lipinski definition) is 2. The van der Waals surface area contributed by atoms with Gasteiger partial charge >= 0.3 is 0 Å². The molecule has 0 bridgehead atoms. The summed E-state index contributed by atoms with van der Waals surface area (Å²) in [6.07, 6.45) is 6.81. The molecule has 0 spiro atoms. The zero-order chi connectivity index (χ0) is 21.7. The fourth-order valence-corrected chi connectivity index (χ4v) is 4.60. The molecular weight excluding hydrogens is 422 g/mol. The average molecular weight is 437 g/mol. The van der Waals surface area contributed by atoms with Crippen molar-refractivity contribution in [1.82, 2.24) is 35.1 Å². The van der Waals surface area contributed by atoms with E-state index in [1.807, 2.05) is 30.3 Å². The third-order valence-corrected chi connectivity index (χ3v) is 6.46. The van der Waals surface area contributed by atoms with Crippen LogP contribution in [-0.2, 0) is 0 Å². The SMILES string of the molecule is CC(=O)c1ccc(-c2nccc3[nH]c(-c4n[nH]c5ccc(-c6cncnc6)cc45)nc23)s1. The summed E-state index contributed by atoms with van der Waals surface area (Å²) >= 11 is 1.42. The van der Waals surface area contributed by atoms with Crippen molar-refractivity contribution in [3.8, 4) is 33.2 Å². The van der Waals surface area contributed by atoms with Crippen molar-refractivity contribution in [2.45, 2.75) is 6.92 Å². The van der Waals surface area contributed by atoms with E-state index in [-0.39, 0.29) is 5.78 Å². The summed E-state index contributed by atoms with van der Waals surface area (Å²) in [6.45, 7) is 1.56. The third-order valence-electron chi connectivity index (χ3n) is 5.27. The summed E-state index contributed by atoms with van der Waals surface area (Å²) in [5.41, 5.74) is 5.88. The molecule has 0 atom stereocenters. The summed E-state index contributed by atoms with van der Waals surface area (Å²) in [6, 6.07) is 11.7. The van der Waals surface area contributed by atoms with E-state index < -0.39 is 0 Å². The number of fused-ring (bicyclic) bond motifs is 2. The molecule has 0 aliphatic rings. The van der Waals surface area contributed by atoms with Gasteiger partial charge in [0.25, 0.3) is 0 Å². The van der Waals surface area contributed by atoms with Crippen molar-refractivity contribution >= 4 is 39.1 Å². The van der Waals surface area contributed by atoms with Gasteiger partial charge in [-0.15, -0.1) is 11.3 Å². The van der Waals surface area contributed by atoms with E-state index in [9.17, 15) is 4.79 Å². The van der Waals surface area contributed by atoms with E-state index in [4.69, 9.17) is 4.98 Å². The number of pyridine rings is 1. The standard InChI is InChI=1S/C23H15N7OS/c1-12(31)18-4-5-19(32-18)22-21-17(6-7-26-22)27-23(28-21)20-15-8-13(2-3-16(15)29-30-20)14-9-24-11-25-10-14/h2-11H,1H3,(H,27,28)(H,29,30). The number of aromatic amines is 2. The number of carbonyl (C=O) groups is 1. The van der Waals surface area contributed by atoms with Crippen LogP contribution in [0.15, 0.2) is 61.3 Å². The van der Waals surface area contributed by atoms with Gasteiger partial charge < -0.3 is 4.98 Å². The highest BCUT2D eigenvalue weighted by Crippen LogP contribution is 2.34. The lowest BCUT2D eigenvalue weighted by molar-refractivity contribution is 0.102. The Hall–Kier alpha value is -4.24. The lowest BCUT2D eigenvalue weighted by atomic mass is 10.1. The molecule has 5 heterocycles. The maximum absolute atomic E-state index is 11.7. The van der Waals surface area contributed by atoms with Gasteiger partial charge in [-0.3, -0.25) is 14.9 Å². The molecule has 32 heavy (non-hydrogen) atoms. The number of carbonyl (C=O) groups excluding carboxylic acids is 1. The van der Waals surface area contributed by atoms with Gasteiger partial charge in [0.1, 0.15) is 23.2 Å². The quantitative estimate of drug-likeness (QED) is 0.380. The van der Waals surface area contributed by atoms with Crippen LogP contribution in [0.25, 0.3) is 55.2 Å². The van der Waals surface area contributed by atoms with Gasteiger partial charge in [0.2, 0.25) is 0 Å². The number of thiophene rings is 1. The van der Waals surface area contributed by atoms with Crippen LogP contribution >= 0.6 is 11.3 Å². The number of aromatic nitrogens is 7. The van der Waals surface area contributed by atoms with Gasteiger partial charge in [-0.25, -0.2) is 15.0 Å². The van der Waals surface area contributed by atoms with Crippen LogP contribution in [0.2, 0.25) is 0 Å². The number of H-pyrrole nitrogens is 2. The van der Waals surface area contributed by atoms with Gasteiger partial charge in [0.15, 0.2) is 11.6 Å². The summed E-state index contributed by atoms with van der Waals surface area (Å²) in [7, 11) is 0. The molecule has 9 heteroatoms. The van der Waals surface area contributed by atoms with Crippen molar-refractivity contribution < 1.29 is 4.79 Å². The van der Waals surface area contributed by atoms with Crippen LogP contribution < -0.4 is 0 Å². The van der Waals surface area contributed by atoms with E-state index in [2.05, 4.69) is 36.2 Å². The molecule has 0 saturated heterocycles. The summed E-state index contributed by atoms with van der Waals surface area (Å²) in [5, 5.41) is 8.53. The molecular formula is C23H15N7OS. The Kier molecular flexibility index (Phi) is 4.15. The minimum Gasteiger partial charge on any atom is -0.336 e. The molecule has 0 fully saturated rings. The Bertz CT molecular complexity index is 1610. The Morgan fingerprint density at radius 1 is 0.969 bits per heavy atom. The van der Waals surface area contributed by atoms with E-state index in [1.165, 1.54) is 17.7 Å². The van der Waals surface area contributed by atoms with E-state index >= 15 is 0 Å². The molecule has 0 aliphatic carbocycles. The fraction of sp³-hybridized carbons (Fsp3) is 0.0435. The molecule has 1 aromatic carbocycles. The number of Topliss-reactive ketones (excluding diaryl/α,β-unsaturated/α-hetero) is 1. The van der Waals surface area contributed by atoms with Crippen LogP contribution in [0.1, 0.15) is 16.6 Å². The van der Waals surface area contributed by atoms with Crippen LogP contribution in [0.4, 0.5) is 0 Å². The van der Waals surface area contributed by atoms with Crippen molar-refractivity contribution in [1.29, 1.82) is 0 Å². The first kappa shape index (κ1) is 18.5. The molecule has 154 valence electrons. The zero-order valence-electron chi connectivity index (χ0n) is 16.8. The predicted molar refractivity (Wildman–Crippen MR) is 123 cm³/mol. The van der Waals surface area contributed by atoms with Crippen molar-refractivity contribution in [3.05, 3.63) is 66.2 Å². The van der Waals surface area contributed by atoms with Crippen molar-refractivity contribution in [2.75, 3.05) is 0 Å². The highest BCUT2D eigenvalue weighted by molar-refractivity contribution is 7.17. The van der Waals surface area contributed by atoms with E-state index in [1.54, 1.807) is 25.5 Å². The Balaban J connectivity index is 1.49. The molecule has 5 aromatic heterocycles. The maximum atomic E-state index is 11.7. The molecule has 0 amide bonds. The van der Waals surface area contributed by atoms with Gasteiger partial charge in [-0.05, 0) is 42.8 Å². The molecule has 0 radical (unpaired) electrons. The molecule has 0 saturated carbocycles. The normalized spacial score (nSPS) is 11.4. The van der Waals surface area contributed by atoms with Crippen molar-refractivity contribution in [3.63, 3.8) is 0 Å². The van der Waals surface area contributed by atoms with Gasteiger partial charge in [-0.1, -0.05) is 6.07 Å². The fourth-order valence-electron chi connectivity index (χ4n) is 3.70. The van der Waals surface area contributed by atoms with Crippen LogP contribution in [0.3, 0.4) is 0 Å². The van der Waals surface area contributed by atoms with Crippen LogP contribution in [0, 0.1) is 0 Å². The Labute approximate surface area is 185 Å². The highest BCUT2D eigenvalue weighted by Gasteiger charge is 2.17. The lowest BCUT2D eigenvalue weighted by Crippen LogP contribution is -1.85. The number of imidazole rings is 1. The number of nitrogens with one attached hydrogen (secondary N) is 2. The molecule has 6 rings (SSSR count). The lowest BCUT2D eigenvalue weighted by Gasteiger charge is -2.01. The van der Waals surface area contributed by atoms with E-state index in [0.29, 0.717) is 10.7 Å². The first-order valence-corrected chi connectivity index (χ1v) is 10.7. The largest absolute Gasteiger partial charge is 0.336 e. The molecule has 0 unspecified atom stereocenters. The number of hydrogen-bond acceptors (Lipinski definition) is 7. The minimum absolute atomic E-state index is 0.0405. The Morgan fingerprint density at radius 2 is 1.84 bits per heavy atom.